The number of halogens is 2. The van der Waals surface area contributed by atoms with E-state index in [0.29, 0.717) is 28.6 Å². The fraction of sp³-hybridized carbons (Fsp3) is 0.143. The summed E-state index contributed by atoms with van der Waals surface area (Å²) < 4.78 is 0. The first-order valence-corrected chi connectivity index (χ1v) is 6.55. The van der Waals surface area contributed by atoms with E-state index in [9.17, 15) is 4.79 Å². The first-order chi connectivity index (χ1) is 9.16. The number of anilines is 1. The topological polar surface area (TPSA) is 42.0 Å². The Morgan fingerprint density at radius 2 is 1.89 bits per heavy atom. The second-order valence-electron chi connectivity index (χ2n) is 4.01. The lowest BCUT2D eigenvalue weighted by Gasteiger charge is -2.08. The number of carbonyl (C=O) groups excluding carboxylic acids is 1. The maximum absolute atomic E-state index is 11.8. The van der Waals surface area contributed by atoms with Crippen LogP contribution < -0.4 is 5.32 Å². The van der Waals surface area contributed by atoms with Crippen molar-refractivity contribution >= 4 is 34.8 Å². The predicted octanol–water partition coefficient (Wildman–Crippen LogP) is 3.96. The molecule has 3 nitrogen and oxygen atoms in total. The van der Waals surface area contributed by atoms with Crippen molar-refractivity contribution in [3.05, 3.63) is 58.3 Å². The van der Waals surface area contributed by atoms with Crippen LogP contribution in [-0.4, -0.2) is 10.9 Å². The van der Waals surface area contributed by atoms with Gasteiger partial charge in [0.1, 0.15) is 0 Å². The van der Waals surface area contributed by atoms with E-state index in [0.717, 1.165) is 5.56 Å². The Labute approximate surface area is 121 Å². The van der Waals surface area contributed by atoms with Gasteiger partial charge in [-0.2, -0.15) is 0 Å². The Morgan fingerprint density at radius 1 is 1.16 bits per heavy atom. The number of nitrogens with one attached hydrogen (secondary N) is 1. The third-order valence-electron chi connectivity index (χ3n) is 2.62. The van der Waals surface area contributed by atoms with Crippen LogP contribution in [0, 0.1) is 0 Å². The Bertz CT molecular complexity index is 573. The largest absolute Gasteiger partial charge is 0.325 e. The van der Waals surface area contributed by atoms with Crippen LogP contribution >= 0.6 is 23.2 Å². The molecule has 0 saturated heterocycles. The molecule has 98 valence electrons. The normalized spacial score (nSPS) is 10.2. The minimum Gasteiger partial charge on any atom is -0.325 e. The van der Waals surface area contributed by atoms with Gasteiger partial charge in [-0.15, -0.1) is 0 Å². The highest BCUT2D eigenvalue weighted by Crippen LogP contribution is 2.29. The lowest BCUT2D eigenvalue weighted by Crippen LogP contribution is -2.12. The molecule has 0 aliphatic heterocycles. The average Bonchev–Trinajstić information content (AvgIpc) is 2.43. The number of carbonyl (C=O) groups is 1. The SMILES string of the molecule is O=C(CCc1ccncc1)Nc1cccc(Cl)c1Cl. The van der Waals surface area contributed by atoms with E-state index in [2.05, 4.69) is 10.3 Å². The maximum atomic E-state index is 11.8. The Balaban J connectivity index is 1.93. The third-order valence-corrected chi connectivity index (χ3v) is 3.43. The number of nitrogens with zero attached hydrogens (tertiary/aromatic N) is 1. The summed E-state index contributed by atoms with van der Waals surface area (Å²) in [6.07, 6.45) is 4.46. The average molecular weight is 295 g/mol. The molecule has 0 radical (unpaired) electrons. The molecule has 0 fully saturated rings. The number of benzene rings is 1. The van der Waals surface area contributed by atoms with Gasteiger partial charge in [0.15, 0.2) is 0 Å². The molecule has 1 aromatic carbocycles. The monoisotopic (exact) mass is 294 g/mol. The molecule has 0 unspecified atom stereocenters. The van der Waals surface area contributed by atoms with Crippen molar-refractivity contribution in [2.75, 3.05) is 5.32 Å². The van der Waals surface area contributed by atoms with Crippen LogP contribution in [0.5, 0.6) is 0 Å². The summed E-state index contributed by atoms with van der Waals surface area (Å²) in [5.74, 6) is -0.0963. The number of aryl methyl sites for hydroxylation is 1. The van der Waals surface area contributed by atoms with Crippen molar-refractivity contribution in [1.82, 2.24) is 4.98 Å². The first-order valence-electron chi connectivity index (χ1n) is 5.79. The lowest BCUT2D eigenvalue weighted by atomic mass is 10.1. The van der Waals surface area contributed by atoms with Crippen molar-refractivity contribution in [1.29, 1.82) is 0 Å². The molecule has 1 amide bonds. The van der Waals surface area contributed by atoms with E-state index in [1.807, 2.05) is 12.1 Å². The van der Waals surface area contributed by atoms with Crippen LogP contribution in [0.2, 0.25) is 10.0 Å². The van der Waals surface area contributed by atoms with E-state index < -0.39 is 0 Å². The lowest BCUT2D eigenvalue weighted by molar-refractivity contribution is -0.116. The quantitative estimate of drug-likeness (QED) is 0.927. The molecule has 2 rings (SSSR count). The Hall–Kier alpha value is -1.58. The van der Waals surface area contributed by atoms with Gasteiger partial charge in [-0.1, -0.05) is 29.3 Å². The van der Waals surface area contributed by atoms with E-state index in [1.54, 1.807) is 30.6 Å². The standard InChI is InChI=1S/C14H12Cl2N2O/c15-11-2-1-3-12(14(11)16)18-13(19)5-4-10-6-8-17-9-7-10/h1-3,6-9H,4-5H2,(H,18,19). The zero-order chi connectivity index (χ0) is 13.7. The van der Waals surface area contributed by atoms with Gasteiger partial charge >= 0.3 is 0 Å². The molecule has 19 heavy (non-hydrogen) atoms. The van der Waals surface area contributed by atoms with Crippen LogP contribution in [0.3, 0.4) is 0 Å². The summed E-state index contributed by atoms with van der Waals surface area (Å²) in [6.45, 7) is 0. The van der Waals surface area contributed by atoms with Gasteiger partial charge in [-0.05, 0) is 36.2 Å². The van der Waals surface area contributed by atoms with Crippen molar-refractivity contribution in [3.8, 4) is 0 Å². The van der Waals surface area contributed by atoms with Gasteiger partial charge < -0.3 is 5.32 Å². The fourth-order valence-electron chi connectivity index (χ4n) is 1.62. The van der Waals surface area contributed by atoms with Gasteiger partial charge in [0.25, 0.3) is 0 Å². The molecule has 0 bridgehead atoms. The van der Waals surface area contributed by atoms with E-state index >= 15 is 0 Å². The molecule has 0 saturated carbocycles. The maximum Gasteiger partial charge on any atom is 0.224 e. The molecule has 5 heteroatoms. The smallest absolute Gasteiger partial charge is 0.224 e. The van der Waals surface area contributed by atoms with Crippen LogP contribution in [0.4, 0.5) is 5.69 Å². The highest BCUT2D eigenvalue weighted by atomic mass is 35.5. The minimum absolute atomic E-state index is 0.0963. The van der Waals surface area contributed by atoms with Gasteiger partial charge in [0, 0.05) is 18.8 Å². The summed E-state index contributed by atoms with van der Waals surface area (Å²) in [5, 5.41) is 3.54. The number of amides is 1. The third kappa shape index (κ3) is 3.94. The Morgan fingerprint density at radius 3 is 2.63 bits per heavy atom. The van der Waals surface area contributed by atoms with E-state index in [4.69, 9.17) is 23.2 Å². The molecule has 2 aromatic rings. The van der Waals surface area contributed by atoms with Crippen LogP contribution in [-0.2, 0) is 11.2 Å². The van der Waals surface area contributed by atoms with E-state index in [1.165, 1.54) is 0 Å². The first kappa shape index (κ1) is 13.8. The Kier molecular flexibility index (Phi) is 4.77. The summed E-state index contributed by atoms with van der Waals surface area (Å²) in [4.78, 5) is 15.7. The molecule has 0 aliphatic carbocycles. The number of rotatable bonds is 4. The van der Waals surface area contributed by atoms with Crippen molar-refractivity contribution in [2.24, 2.45) is 0 Å². The highest BCUT2D eigenvalue weighted by Gasteiger charge is 2.08. The zero-order valence-corrected chi connectivity index (χ0v) is 11.6. The minimum atomic E-state index is -0.0963. The van der Waals surface area contributed by atoms with Crippen LogP contribution in [0.15, 0.2) is 42.7 Å². The molecule has 0 atom stereocenters. The summed E-state index contributed by atoms with van der Waals surface area (Å²) >= 11 is 11.9. The van der Waals surface area contributed by atoms with Crippen molar-refractivity contribution in [2.45, 2.75) is 12.8 Å². The van der Waals surface area contributed by atoms with Crippen LogP contribution in [0.25, 0.3) is 0 Å². The van der Waals surface area contributed by atoms with Crippen LogP contribution in [0.1, 0.15) is 12.0 Å². The molecule has 1 aromatic heterocycles. The number of pyridine rings is 1. The number of hydrogen-bond acceptors (Lipinski definition) is 2. The number of aromatic nitrogens is 1. The van der Waals surface area contributed by atoms with E-state index in [-0.39, 0.29) is 5.91 Å². The summed E-state index contributed by atoms with van der Waals surface area (Å²) in [5.41, 5.74) is 1.61. The fourth-order valence-corrected chi connectivity index (χ4v) is 1.97. The van der Waals surface area contributed by atoms with Crippen molar-refractivity contribution < 1.29 is 4.79 Å². The van der Waals surface area contributed by atoms with Gasteiger partial charge in [0.05, 0.1) is 15.7 Å². The van der Waals surface area contributed by atoms with Gasteiger partial charge in [-0.25, -0.2) is 0 Å². The molecular weight excluding hydrogens is 283 g/mol. The second-order valence-corrected chi connectivity index (χ2v) is 4.79. The second kappa shape index (κ2) is 6.55. The molecular formula is C14H12Cl2N2O. The summed E-state index contributed by atoms with van der Waals surface area (Å²) in [7, 11) is 0. The predicted molar refractivity (Wildman–Crippen MR) is 77.6 cm³/mol. The van der Waals surface area contributed by atoms with Gasteiger partial charge in [0.2, 0.25) is 5.91 Å². The number of hydrogen-bond donors (Lipinski definition) is 1. The highest BCUT2D eigenvalue weighted by molar-refractivity contribution is 6.43. The van der Waals surface area contributed by atoms with Gasteiger partial charge in [-0.3, -0.25) is 9.78 Å². The summed E-state index contributed by atoms with van der Waals surface area (Å²) in [6, 6.07) is 8.92. The zero-order valence-electron chi connectivity index (χ0n) is 10.1. The molecule has 0 spiro atoms. The molecule has 1 N–H and O–H groups in total. The molecule has 1 heterocycles. The van der Waals surface area contributed by atoms with Crippen molar-refractivity contribution in [3.63, 3.8) is 0 Å². The molecule has 0 aliphatic rings.